The van der Waals surface area contributed by atoms with Gasteiger partial charge in [-0.25, -0.2) is 0 Å². The van der Waals surface area contributed by atoms with Crippen molar-refractivity contribution in [3.05, 3.63) is 17.5 Å². The lowest BCUT2D eigenvalue weighted by molar-refractivity contribution is 0.261. The van der Waals surface area contributed by atoms with Crippen LogP contribution in [-0.4, -0.2) is 16.2 Å². The van der Waals surface area contributed by atoms with Crippen LogP contribution in [0.3, 0.4) is 0 Å². The third-order valence-corrected chi connectivity index (χ3v) is 3.29. The fourth-order valence-corrected chi connectivity index (χ4v) is 2.64. The van der Waals surface area contributed by atoms with E-state index in [0.717, 1.165) is 19.3 Å². The van der Waals surface area contributed by atoms with Crippen molar-refractivity contribution in [1.82, 2.24) is 15.5 Å². The first kappa shape index (κ1) is 8.01. The van der Waals surface area contributed by atoms with Crippen LogP contribution >= 0.6 is 0 Å². The van der Waals surface area contributed by atoms with Crippen molar-refractivity contribution in [2.24, 2.45) is 5.92 Å². The second kappa shape index (κ2) is 2.82. The fraction of sp³-hybridized carbons (Fsp3) is 0.600. The molecule has 0 saturated carbocycles. The maximum absolute atomic E-state index is 8.94. The Balaban J connectivity index is 1.96. The molecule has 1 saturated heterocycles. The summed E-state index contributed by atoms with van der Waals surface area (Å²) >= 11 is 0. The molecule has 3 unspecified atom stereocenters. The summed E-state index contributed by atoms with van der Waals surface area (Å²) in [4.78, 5) is 0. The average Bonchev–Trinajstić information content (AvgIpc) is 2.65. The number of H-pyrrole nitrogens is 1. The molecular formula is C10H12N4. The Morgan fingerprint density at radius 1 is 1.50 bits per heavy atom. The summed E-state index contributed by atoms with van der Waals surface area (Å²) in [7, 11) is 0. The van der Waals surface area contributed by atoms with E-state index < -0.39 is 0 Å². The third kappa shape index (κ3) is 1.06. The number of hydrogen-bond acceptors (Lipinski definition) is 3. The second-order valence-electron chi connectivity index (χ2n) is 4.22. The highest BCUT2D eigenvalue weighted by Crippen LogP contribution is 2.35. The van der Waals surface area contributed by atoms with Gasteiger partial charge in [0, 0.05) is 35.7 Å². The molecule has 4 heteroatoms. The van der Waals surface area contributed by atoms with Crippen LogP contribution in [0.4, 0.5) is 0 Å². The lowest BCUT2D eigenvalue weighted by atomic mass is 9.80. The van der Waals surface area contributed by atoms with Gasteiger partial charge in [-0.1, -0.05) is 0 Å². The van der Waals surface area contributed by atoms with Crippen molar-refractivity contribution in [1.29, 1.82) is 5.26 Å². The lowest BCUT2D eigenvalue weighted by Crippen LogP contribution is -2.45. The number of fused-ring (bicyclic) bond motifs is 4. The number of aromatic amines is 1. The Hall–Kier alpha value is -1.34. The molecule has 0 aliphatic carbocycles. The smallest absolute Gasteiger partial charge is 0.0657 e. The predicted octanol–water partition coefficient (Wildman–Crippen LogP) is 0.899. The van der Waals surface area contributed by atoms with E-state index in [9.17, 15) is 0 Å². The Labute approximate surface area is 82.3 Å². The standard InChI is InChI=1S/C10H12N4/c11-4-6-1-7-3-10-8(5-12-14-10)9(2-6)13-7/h5-7,9,13H,1-3H2,(H,12,14). The van der Waals surface area contributed by atoms with Gasteiger partial charge in [0.15, 0.2) is 0 Å². The van der Waals surface area contributed by atoms with E-state index in [4.69, 9.17) is 5.26 Å². The summed E-state index contributed by atoms with van der Waals surface area (Å²) in [6.45, 7) is 0. The van der Waals surface area contributed by atoms with Crippen LogP contribution in [0, 0.1) is 17.2 Å². The SMILES string of the molecule is N#CC1CC2Cc3[nH]ncc3C(C1)N2. The van der Waals surface area contributed by atoms with Crippen molar-refractivity contribution in [3.63, 3.8) is 0 Å². The summed E-state index contributed by atoms with van der Waals surface area (Å²) < 4.78 is 0. The number of nitriles is 1. The summed E-state index contributed by atoms with van der Waals surface area (Å²) in [5.74, 6) is 0.217. The van der Waals surface area contributed by atoms with Gasteiger partial charge in [0.2, 0.25) is 0 Å². The minimum atomic E-state index is 0.217. The van der Waals surface area contributed by atoms with Gasteiger partial charge in [-0.2, -0.15) is 10.4 Å². The van der Waals surface area contributed by atoms with Gasteiger partial charge in [-0.15, -0.1) is 0 Å². The number of rotatable bonds is 0. The molecule has 0 radical (unpaired) electrons. The number of hydrogen-bond donors (Lipinski definition) is 2. The van der Waals surface area contributed by atoms with Crippen LogP contribution in [0.1, 0.15) is 30.1 Å². The summed E-state index contributed by atoms with van der Waals surface area (Å²) in [6.07, 6.45) is 4.79. The molecule has 14 heavy (non-hydrogen) atoms. The largest absolute Gasteiger partial charge is 0.307 e. The molecule has 2 aliphatic rings. The zero-order valence-corrected chi connectivity index (χ0v) is 7.83. The normalized spacial score (nSPS) is 34.6. The minimum absolute atomic E-state index is 0.217. The summed E-state index contributed by atoms with van der Waals surface area (Å²) in [6, 6.07) is 3.20. The van der Waals surface area contributed by atoms with Gasteiger partial charge in [-0.3, -0.25) is 5.10 Å². The van der Waals surface area contributed by atoms with E-state index in [1.54, 1.807) is 0 Å². The van der Waals surface area contributed by atoms with Crippen molar-refractivity contribution in [2.45, 2.75) is 31.3 Å². The highest BCUT2D eigenvalue weighted by Gasteiger charge is 2.35. The number of nitrogens with zero attached hydrogens (tertiary/aromatic N) is 2. The first-order valence-electron chi connectivity index (χ1n) is 5.04. The molecule has 1 aromatic rings. The van der Waals surface area contributed by atoms with Gasteiger partial charge in [0.1, 0.15) is 0 Å². The molecule has 3 heterocycles. The molecule has 3 rings (SSSR count). The number of nitrogens with one attached hydrogen (secondary N) is 2. The van der Waals surface area contributed by atoms with Crippen LogP contribution < -0.4 is 5.32 Å². The Bertz CT molecular complexity index is 389. The van der Waals surface area contributed by atoms with Crippen molar-refractivity contribution in [2.75, 3.05) is 0 Å². The quantitative estimate of drug-likeness (QED) is 0.635. The Morgan fingerprint density at radius 2 is 2.43 bits per heavy atom. The molecule has 72 valence electrons. The maximum atomic E-state index is 8.94. The zero-order valence-electron chi connectivity index (χ0n) is 7.83. The Kier molecular flexibility index (Phi) is 1.62. The fourth-order valence-electron chi connectivity index (χ4n) is 2.64. The van der Waals surface area contributed by atoms with E-state index in [1.165, 1.54) is 11.3 Å². The average molecular weight is 188 g/mol. The number of piperidine rings is 1. The highest BCUT2D eigenvalue weighted by atomic mass is 15.1. The van der Waals surface area contributed by atoms with Gasteiger partial charge in [0.05, 0.1) is 12.3 Å². The molecule has 1 aromatic heterocycles. The molecule has 0 spiro atoms. The third-order valence-electron chi connectivity index (χ3n) is 3.29. The molecule has 1 fully saturated rings. The lowest BCUT2D eigenvalue weighted by Gasteiger charge is -2.37. The first-order valence-corrected chi connectivity index (χ1v) is 5.04. The Morgan fingerprint density at radius 3 is 3.29 bits per heavy atom. The van der Waals surface area contributed by atoms with Crippen LogP contribution in [0.15, 0.2) is 6.20 Å². The van der Waals surface area contributed by atoms with Gasteiger partial charge >= 0.3 is 0 Å². The van der Waals surface area contributed by atoms with E-state index in [1.807, 2.05) is 6.20 Å². The summed E-state index contributed by atoms with van der Waals surface area (Å²) in [5, 5.41) is 19.6. The van der Waals surface area contributed by atoms with E-state index in [0.29, 0.717) is 12.1 Å². The van der Waals surface area contributed by atoms with E-state index in [2.05, 4.69) is 21.6 Å². The van der Waals surface area contributed by atoms with Gasteiger partial charge < -0.3 is 5.32 Å². The van der Waals surface area contributed by atoms with Gasteiger partial charge in [-0.05, 0) is 12.8 Å². The van der Waals surface area contributed by atoms with Crippen LogP contribution in [-0.2, 0) is 6.42 Å². The zero-order chi connectivity index (χ0) is 9.54. The van der Waals surface area contributed by atoms with Crippen molar-refractivity contribution < 1.29 is 0 Å². The highest BCUT2D eigenvalue weighted by molar-refractivity contribution is 5.27. The van der Waals surface area contributed by atoms with Crippen molar-refractivity contribution in [3.8, 4) is 6.07 Å². The molecule has 2 bridgehead atoms. The summed E-state index contributed by atoms with van der Waals surface area (Å²) in [5.41, 5.74) is 2.52. The second-order valence-corrected chi connectivity index (χ2v) is 4.22. The molecule has 4 nitrogen and oxygen atoms in total. The van der Waals surface area contributed by atoms with Gasteiger partial charge in [0.25, 0.3) is 0 Å². The number of aromatic nitrogens is 2. The molecule has 2 aliphatic heterocycles. The monoisotopic (exact) mass is 188 g/mol. The van der Waals surface area contributed by atoms with Crippen LogP contribution in [0.25, 0.3) is 0 Å². The predicted molar refractivity (Wildman–Crippen MR) is 50.3 cm³/mol. The topological polar surface area (TPSA) is 64.5 Å². The molecule has 0 amide bonds. The molecular weight excluding hydrogens is 176 g/mol. The van der Waals surface area contributed by atoms with E-state index in [-0.39, 0.29) is 5.92 Å². The first-order chi connectivity index (χ1) is 6.86. The van der Waals surface area contributed by atoms with Crippen LogP contribution in [0.5, 0.6) is 0 Å². The van der Waals surface area contributed by atoms with Crippen molar-refractivity contribution >= 4 is 0 Å². The molecule has 3 atom stereocenters. The molecule has 2 N–H and O–H groups in total. The van der Waals surface area contributed by atoms with E-state index >= 15 is 0 Å². The van der Waals surface area contributed by atoms with Crippen LogP contribution in [0.2, 0.25) is 0 Å². The maximum Gasteiger partial charge on any atom is 0.0657 e. The minimum Gasteiger partial charge on any atom is -0.307 e. The molecule has 0 aromatic carbocycles.